The lowest BCUT2D eigenvalue weighted by molar-refractivity contribution is -0.140. The minimum Gasteiger partial charge on any atom is -0.355 e. The fourth-order valence-corrected chi connectivity index (χ4v) is 3.56. The van der Waals surface area contributed by atoms with Crippen molar-refractivity contribution in [1.29, 1.82) is 0 Å². The molecule has 0 fully saturated rings. The molecule has 3 rings (SSSR count). The van der Waals surface area contributed by atoms with Crippen LogP contribution in [0.3, 0.4) is 0 Å². The molecule has 0 radical (unpaired) electrons. The zero-order valence-corrected chi connectivity index (χ0v) is 17.9. The Morgan fingerprint density at radius 3 is 2.00 bits per heavy atom. The molecule has 0 bridgehead atoms. The molecule has 6 heteroatoms. The average Bonchev–Trinajstić information content (AvgIpc) is 2.79. The second-order valence-electron chi connectivity index (χ2n) is 7.48. The molecule has 0 aliphatic rings. The van der Waals surface area contributed by atoms with Crippen molar-refractivity contribution in [1.82, 2.24) is 10.2 Å². The normalized spacial score (nSPS) is 11.6. The molecule has 3 aromatic rings. The molecule has 0 aliphatic carbocycles. The van der Waals surface area contributed by atoms with E-state index in [0.29, 0.717) is 6.54 Å². The van der Waals surface area contributed by atoms with Crippen molar-refractivity contribution >= 4 is 11.8 Å². The summed E-state index contributed by atoms with van der Waals surface area (Å²) in [5.74, 6) is -1.75. The van der Waals surface area contributed by atoms with Crippen molar-refractivity contribution in [3.8, 4) is 0 Å². The highest BCUT2D eigenvalue weighted by molar-refractivity contribution is 5.88. The van der Waals surface area contributed by atoms with Crippen molar-refractivity contribution in [3.63, 3.8) is 0 Å². The van der Waals surface area contributed by atoms with Gasteiger partial charge in [-0.1, -0.05) is 66.7 Å². The standard InChI is InChI=1S/C26H26F2N2O2/c1-2-29-26(32)24(16-19-10-4-3-5-11-19)30(18-21-13-7-9-15-23(21)28)25(31)17-20-12-6-8-14-22(20)27/h3-15,24H,2,16-18H2,1H3,(H,29,32). The van der Waals surface area contributed by atoms with Crippen LogP contribution in [-0.2, 0) is 29.0 Å². The van der Waals surface area contributed by atoms with Crippen molar-refractivity contribution in [2.45, 2.75) is 32.4 Å². The molecule has 0 aromatic heterocycles. The van der Waals surface area contributed by atoms with Crippen LogP contribution in [0.15, 0.2) is 78.9 Å². The Hall–Kier alpha value is -3.54. The Labute approximate surface area is 186 Å². The molecule has 0 aliphatic heterocycles. The summed E-state index contributed by atoms with van der Waals surface area (Å²) in [5, 5.41) is 2.78. The zero-order chi connectivity index (χ0) is 22.9. The highest BCUT2D eigenvalue weighted by Crippen LogP contribution is 2.19. The summed E-state index contributed by atoms with van der Waals surface area (Å²) in [6.07, 6.45) is 0.0238. The van der Waals surface area contributed by atoms with E-state index < -0.39 is 23.6 Å². The molecule has 0 spiro atoms. The molecule has 0 saturated heterocycles. The maximum atomic E-state index is 14.4. The van der Waals surface area contributed by atoms with Crippen LogP contribution in [0.1, 0.15) is 23.6 Å². The lowest BCUT2D eigenvalue weighted by atomic mass is 10.0. The lowest BCUT2D eigenvalue weighted by Crippen LogP contribution is -2.51. The third-order valence-electron chi connectivity index (χ3n) is 5.22. The largest absolute Gasteiger partial charge is 0.355 e. The predicted molar refractivity (Wildman–Crippen MR) is 120 cm³/mol. The molecular weight excluding hydrogens is 410 g/mol. The first-order valence-corrected chi connectivity index (χ1v) is 10.6. The lowest BCUT2D eigenvalue weighted by Gasteiger charge is -2.31. The van der Waals surface area contributed by atoms with Crippen LogP contribution in [0, 0.1) is 11.6 Å². The summed E-state index contributed by atoms with van der Waals surface area (Å²) in [7, 11) is 0. The van der Waals surface area contributed by atoms with E-state index in [9.17, 15) is 18.4 Å². The number of nitrogens with one attached hydrogen (secondary N) is 1. The van der Waals surface area contributed by atoms with Crippen LogP contribution >= 0.6 is 0 Å². The summed E-state index contributed by atoms with van der Waals surface area (Å²) in [6.45, 7) is 2.08. The Kier molecular flexibility index (Phi) is 8.08. The fraction of sp³-hybridized carbons (Fsp3) is 0.231. The summed E-state index contributed by atoms with van der Waals surface area (Å²) >= 11 is 0. The second kappa shape index (κ2) is 11.2. The quantitative estimate of drug-likeness (QED) is 0.544. The topological polar surface area (TPSA) is 49.4 Å². The van der Waals surface area contributed by atoms with Crippen LogP contribution in [0.5, 0.6) is 0 Å². The van der Waals surface area contributed by atoms with Crippen molar-refractivity contribution in [2.75, 3.05) is 6.54 Å². The number of rotatable bonds is 9. The van der Waals surface area contributed by atoms with Gasteiger partial charge in [-0.3, -0.25) is 9.59 Å². The zero-order valence-electron chi connectivity index (χ0n) is 17.9. The smallest absolute Gasteiger partial charge is 0.243 e. The monoisotopic (exact) mass is 436 g/mol. The third kappa shape index (κ3) is 6.00. The molecule has 2 amide bonds. The van der Waals surface area contributed by atoms with Gasteiger partial charge in [-0.2, -0.15) is 0 Å². The molecule has 166 valence electrons. The number of carbonyl (C=O) groups is 2. The Bertz CT molecular complexity index is 1060. The van der Waals surface area contributed by atoms with E-state index in [2.05, 4.69) is 5.32 Å². The number of hydrogen-bond acceptors (Lipinski definition) is 2. The number of halogens is 2. The van der Waals surface area contributed by atoms with Crippen molar-refractivity contribution in [3.05, 3.63) is 107 Å². The molecular formula is C26H26F2N2O2. The van der Waals surface area contributed by atoms with Gasteiger partial charge in [0.25, 0.3) is 0 Å². The van der Waals surface area contributed by atoms with Gasteiger partial charge >= 0.3 is 0 Å². The summed E-state index contributed by atoms with van der Waals surface area (Å²) in [6, 6.07) is 20.6. The van der Waals surface area contributed by atoms with E-state index in [-0.39, 0.29) is 36.4 Å². The molecule has 1 atom stereocenters. The highest BCUT2D eigenvalue weighted by Gasteiger charge is 2.31. The van der Waals surface area contributed by atoms with E-state index >= 15 is 0 Å². The van der Waals surface area contributed by atoms with Gasteiger partial charge in [0.1, 0.15) is 17.7 Å². The van der Waals surface area contributed by atoms with Gasteiger partial charge in [-0.25, -0.2) is 8.78 Å². The molecule has 1 unspecified atom stereocenters. The maximum absolute atomic E-state index is 14.4. The number of hydrogen-bond donors (Lipinski definition) is 1. The van der Waals surface area contributed by atoms with Gasteiger partial charge in [0.15, 0.2) is 0 Å². The molecule has 4 nitrogen and oxygen atoms in total. The second-order valence-corrected chi connectivity index (χ2v) is 7.48. The van der Waals surface area contributed by atoms with Crippen molar-refractivity contribution in [2.24, 2.45) is 0 Å². The number of amides is 2. The highest BCUT2D eigenvalue weighted by atomic mass is 19.1. The molecule has 0 saturated carbocycles. The van der Waals surface area contributed by atoms with Crippen molar-refractivity contribution < 1.29 is 18.4 Å². The fourth-order valence-electron chi connectivity index (χ4n) is 3.56. The summed E-state index contributed by atoms with van der Waals surface area (Å²) in [4.78, 5) is 27.7. The first kappa shape index (κ1) is 23.1. The summed E-state index contributed by atoms with van der Waals surface area (Å²) < 4.78 is 28.7. The maximum Gasteiger partial charge on any atom is 0.243 e. The van der Waals surface area contributed by atoms with Gasteiger partial charge < -0.3 is 10.2 Å². The first-order valence-electron chi connectivity index (χ1n) is 10.6. The van der Waals surface area contributed by atoms with E-state index in [0.717, 1.165) is 5.56 Å². The number of benzene rings is 3. The van der Waals surface area contributed by atoms with Gasteiger partial charge in [-0.05, 0) is 30.2 Å². The Morgan fingerprint density at radius 2 is 1.41 bits per heavy atom. The summed E-state index contributed by atoms with van der Waals surface area (Å²) in [5.41, 5.74) is 1.38. The Balaban J connectivity index is 1.98. The molecule has 0 heterocycles. The third-order valence-corrected chi connectivity index (χ3v) is 5.22. The van der Waals surface area contributed by atoms with Crippen LogP contribution in [0.4, 0.5) is 8.78 Å². The van der Waals surface area contributed by atoms with Crippen LogP contribution in [-0.4, -0.2) is 29.3 Å². The minimum absolute atomic E-state index is 0.103. The SMILES string of the molecule is CCNC(=O)C(Cc1ccccc1)N(Cc1ccccc1F)C(=O)Cc1ccccc1F. The van der Waals surface area contributed by atoms with Crippen LogP contribution < -0.4 is 5.32 Å². The number of likely N-dealkylation sites (N-methyl/N-ethyl adjacent to an activating group) is 1. The average molecular weight is 437 g/mol. The van der Waals surface area contributed by atoms with Gasteiger partial charge in [-0.15, -0.1) is 0 Å². The van der Waals surface area contributed by atoms with Crippen LogP contribution in [0.25, 0.3) is 0 Å². The van der Waals surface area contributed by atoms with Crippen LogP contribution in [0.2, 0.25) is 0 Å². The first-order chi connectivity index (χ1) is 15.5. The molecule has 32 heavy (non-hydrogen) atoms. The minimum atomic E-state index is -0.878. The number of carbonyl (C=O) groups excluding carboxylic acids is 2. The van der Waals surface area contributed by atoms with Gasteiger partial charge in [0.05, 0.1) is 6.42 Å². The van der Waals surface area contributed by atoms with E-state index in [4.69, 9.17) is 0 Å². The number of nitrogens with zero attached hydrogens (tertiary/aromatic N) is 1. The van der Waals surface area contributed by atoms with E-state index in [1.807, 2.05) is 30.3 Å². The molecule has 3 aromatic carbocycles. The van der Waals surface area contributed by atoms with Gasteiger partial charge in [0, 0.05) is 25.1 Å². The van der Waals surface area contributed by atoms with E-state index in [1.165, 1.54) is 23.1 Å². The predicted octanol–water partition coefficient (Wildman–Crippen LogP) is 4.28. The van der Waals surface area contributed by atoms with E-state index in [1.54, 1.807) is 37.3 Å². The molecule has 1 N–H and O–H groups in total. The van der Waals surface area contributed by atoms with Gasteiger partial charge in [0.2, 0.25) is 11.8 Å². The Morgan fingerprint density at radius 1 is 0.844 bits per heavy atom.